The molecule has 2 aromatic heterocycles. The summed E-state index contributed by atoms with van der Waals surface area (Å²) in [6.07, 6.45) is 5.86. The number of rotatable bonds is 10. The van der Waals surface area contributed by atoms with Crippen LogP contribution >= 0.6 is 0 Å². The summed E-state index contributed by atoms with van der Waals surface area (Å²) in [7, 11) is 0. The lowest BCUT2D eigenvalue weighted by atomic mass is 10.1. The molecule has 2 aromatic carbocycles. The average Bonchev–Trinajstić information content (AvgIpc) is 2.92. The van der Waals surface area contributed by atoms with Gasteiger partial charge in [0, 0.05) is 73.3 Å². The zero-order valence-corrected chi connectivity index (χ0v) is 23.2. The van der Waals surface area contributed by atoms with E-state index >= 15 is 0 Å². The van der Waals surface area contributed by atoms with Crippen molar-refractivity contribution in [2.75, 3.05) is 59.7 Å². The Balaban J connectivity index is 1.24. The molecule has 1 aliphatic heterocycles. The first kappa shape index (κ1) is 26.0. The highest BCUT2D eigenvalue weighted by molar-refractivity contribution is 5.93. The summed E-state index contributed by atoms with van der Waals surface area (Å²) in [5, 5.41) is 9.36. The SMILES string of the molecule is CC(C)CCNc1ccnc2cc(N3CCN(c4ccc5c(NCCC(C)C)ncnc5c4)CC3)ccc12. The molecule has 1 saturated heterocycles. The van der Waals surface area contributed by atoms with Gasteiger partial charge in [-0.15, -0.1) is 0 Å². The molecule has 0 atom stereocenters. The first-order valence-corrected chi connectivity index (χ1v) is 14.1. The van der Waals surface area contributed by atoms with E-state index in [0.29, 0.717) is 11.8 Å². The third-order valence-corrected chi connectivity index (χ3v) is 7.41. The molecule has 4 aromatic rings. The molecule has 0 unspecified atom stereocenters. The summed E-state index contributed by atoms with van der Waals surface area (Å²) in [5.41, 5.74) is 5.68. The second kappa shape index (κ2) is 11.8. The molecule has 0 radical (unpaired) electrons. The van der Waals surface area contributed by atoms with Crippen molar-refractivity contribution < 1.29 is 0 Å². The molecule has 0 amide bonds. The van der Waals surface area contributed by atoms with E-state index in [4.69, 9.17) is 0 Å². The van der Waals surface area contributed by atoms with Crippen LogP contribution in [0.3, 0.4) is 0 Å². The van der Waals surface area contributed by atoms with Gasteiger partial charge < -0.3 is 20.4 Å². The van der Waals surface area contributed by atoms with Gasteiger partial charge in [-0.1, -0.05) is 27.7 Å². The fraction of sp³-hybridized carbons (Fsp3) is 0.452. The number of nitrogens with zero attached hydrogens (tertiary/aromatic N) is 5. The van der Waals surface area contributed by atoms with E-state index in [-0.39, 0.29) is 0 Å². The lowest BCUT2D eigenvalue weighted by molar-refractivity contribution is 0.607. The van der Waals surface area contributed by atoms with Crippen molar-refractivity contribution in [3.8, 4) is 0 Å². The maximum atomic E-state index is 4.67. The third kappa shape index (κ3) is 6.09. The highest BCUT2D eigenvalue weighted by atomic mass is 15.3. The van der Waals surface area contributed by atoms with Crippen LogP contribution in [-0.4, -0.2) is 54.2 Å². The smallest absolute Gasteiger partial charge is 0.137 e. The predicted octanol–water partition coefficient (Wildman–Crippen LogP) is 6.42. The van der Waals surface area contributed by atoms with E-state index in [1.807, 2.05) is 6.20 Å². The van der Waals surface area contributed by atoms with Crippen molar-refractivity contribution in [1.29, 1.82) is 0 Å². The van der Waals surface area contributed by atoms with Crippen molar-refractivity contribution in [3.63, 3.8) is 0 Å². The largest absolute Gasteiger partial charge is 0.384 e. The molecule has 0 aliphatic carbocycles. The number of anilines is 4. The van der Waals surface area contributed by atoms with Crippen molar-refractivity contribution >= 4 is 44.7 Å². The average molecular weight is 512 g/mol. The molecule has 7 nitrogen and oxygen atoms in total. The number of hydrogen-bond donors (Lipinski definition) is 2. The minimum atomic E-state index is 0.667. The van der Waals surface area contributed by atoms with Crippen LogP contribution in [-0.2, 0) is 0 Å². The summed E-state index contributed by atoms with van der Waals surface area (Å²) < 4.78 is 0. The third-order valence-electron chi connectivity index (χ3n) is 7.41. The van der Waals surface area contributed by atoms with Gasteiger partial charge in [0.1, 0.15) is 12.1 Å². The molecule has 1 aliphatic rings. The minimum absolute atomic E-state index is 0.667. The quantitative estimate of drug-likeness (QED) is 0.255. The van der Waals surface area contributed by atoms with Gasteiger partial charge in [0.25, 0.3) is 0 Å². The number of fused-ring (bicyclic) bond motifs is 2. The van der Waals surface area contributed by atoms with E-state index in [9.17, 15) is 0 Å². The first-order valence-electron chi connectivity index (χ1n) is 14.1. The molecule has 0 spiro atoms. The molecular weight excluding hydrogens is 470 g/mol. The molecule has 1 fully saturated rings. The molecule has 200 valence electrons. The van der Waals surface area contributed by atoms with Gasteiger partial charge in [-0.3, -0.25) is 4.98 Å². The van der Waals surface area contributed by atoms with Crippen molar-refractivity contribution in [2.24, 2.45) is 11.8 Å². The predicted molar refractivity (Wildman–Crippen MR) is 162 cm³/mol. The second-order valence-corrected chi connectivity index (χ2v) is 11.2. The normalized spacial score (nSPS) is 14.2. The van der Waals surface area contributed by atoms with Crippen LogP contribution in [0.5, 0.6) is 0 Å². The van der Waals surface area contributed by atoms with Gasteiger partial charge in [0.2, 0.25) is 0 Å². The lowest BCUT2D eigenvalue weighted by Gasteiger charge is -2.37. The van der Waals surface area contributed by atoms with Crippen LogP contribution in [0.4, 0.5) is 22.9 Å². The first-order chi connectivity index (χ1) is 18.5. The van der Waals surface area contributed by atoms with Crippen molar-refractivity contribution in [3.05, 3.63) is 55.0 Å². The maximum Gasteiger partial charge on any atom is 0.137 e. The van der Waals surface area contributed by atoms with Crippen LogP contribution in [0.25, 0.3) is 21.8 Å². The Morgan fingerprint density at radius 1 is 0.684 bits per heavy atom. The Hall–Kier alpha value is -3.61. The van der Waals surface area contributed by atoms with Crippen molar-refractivity contribution in [1.82, 2.24) is 15.0 Å². The van der Waals surface area contributed by atoms with Gasteiger partial charge in [-0.2, -0.15) is 0 Å². The zero-order valence-electron chi connectivity index (χ0n) is 23.2. The number of aromatic nitrogens is 3. The van der Waals surface area contributed by atoms with Gasteiger partial charge >= 0.3 is 0 Å². The monoisotopic (exact) mass is 511 g/mol. The van der Waals surface area contributed by atoms with Crippen molar-refractivity contribution in [2.45, 2.75) is 40.5 Å². The topological polar surface area (TPSA) is 69.2 Å². The number of hydrogen-bond acceptors (Lipinski definition) is 7. The summed E-state index contributed by atoms with van der Waals surface area (Å²) in [4.78, 5) is 18.7. The van der Waals surface area contributed by atoms with Crippen LogP contribution < -0.4 is 20.4 Å². The number of benzene rings is 2. The molecule has 0 saturated carbocycles. The van der Waals surface area contributed by atoms with Gasteiger partial charge in [0.15, 0.2) is 0 Å². The van der Waals surface area contributed by atoms with E-state index in [1.165, 1.54) is 22.4 Å². The van der Waals surface area contributed by atoms with E-state index in [2.05, 4.69) is 106 Å². The summed E-state index contributed by atoms with van der Waals surface area (Å²) in [6.45, 7) is 14.8. The molecular formula is C31H41N7. The molecule has 0 bridgehead atoms. The summed E-state index contributed by atoms with van der Waals surface area (Å²) in [6, 6.07) is 15.4. The van der Waals surface area contributed by atoms with Gasteiger partial charge in [-0.25, -0.2) is 9.97 Å². The van der Waals surface area contributed by atoms with Crippen LogP contribution in [0, 0.1) is 11.8 Å². The fourth-order valence-corrected chi connectivity index (χ4v) is 5.07. The zero-order chi connectivity index (χ0) is 26.5. The van der Waals surface area contributed by atoms with E-state index < -0.39 is 0 Å². The lowest BCUT2D eigenvalue weighted by Crippen LogP contribution is -2.46. The Morgan fingerprint density at radius 2 is 1.26 bits per heavy atom. The van der Waals surface area contributed by atoms with Crippen LogP contribution in [0.15, 0.2) is 55.0 Å². The Bertz CT molecular complexity index is 1250. The standard InChI is InChI=1S/C31H41N7/c1-22(2)9-12-32-28-11-14-33-29-19-24(5-7-26(28)29)37-15-17-38(18-16-37)25-6-8-27-30(20-25)35-21-36-31(27)34-13-10-23(3)4/h5-8,11,14,19-23H,9-10,12-13,15-18H2,1-4H3,(H,32,33)(H,34,35,36). The van der Waals surface area contributed by atoms with E-state index in [0.717, 1.165) is 74.3 Å². The molecule has 7 heteroatoms. The van der Waals surface area contributed by atoms with Crippen LogP contribution in [0.1, 0.15) is 40.5 Å². The van der Waals surface area contributed by atoms with Crippen LogP contribution in [0.2, 0.25) is 0 Å². The highest BCUT2D eigenvalue weighted by Gasteiger charge is 2.19. The second-order valence-electron chi connectivity index (χ2n) is 11.2. The number of nitrogens with one attached hydrogen (secondary N) is 2. The van der Waals surface area contributed by atoms with Gasteiger partial charge in [0.05, 0.1) is 11.0 Å². The Labute approximate surface area is 226 Å². The fourth-order valence-electron chi connectivity index (χ4n) is 5.07. The number of pyridine rings is 1. The Kier molecular flexibility index (Phi) is 8.11. The molecule has 3 heterocycles. The molecule has 2 N–H and O–H groups in total. The van der Waals surface area contributed by atoms with Gasteiger partial charge in [-0.05, 0) is 67.1 Å². The van der Waals surface area contributed by atoms with E-state index in [1.54, 1.807) is 6.33 Å². The number of piperazine rings is 1. The molecule has 5 rings (SSSR count). The maximum absolute atomic E-state index is 4.67. The minimum Gasteiger partial charge on any atom is -0.384 e. The summed E-state index contributed by atoms with van der Waals surface area (Å²) >= 11 is 0. The Morgan fingerprint density at radius 3 is 1.89 bits per heavy atom. The molecule has 38 heavy (non-hydrogen) atoms. The highest BCUT2D eigenvalue weighted by Crippen LogP contribution is 2.29. The summed E-state index contributed by atoms with van der Waals surface area (Å²) in [5.74, 6) is 2.29.